The summed E-state index contributed by atoms with van der Waals surface area (Å²) in [4.78, 5) is 11.4. The second-order valence-electron chi connectivity index (χ2n) is 4.70. The van der Waals surface area contributed by atoms with Crippen molar-refractivity contribution in [3.8, 4) is 0 Å². The maximum atomic E-state index is 11.4. The third-order valence-corrected chi connectivity index (χ3v) is 3.08. The Morgan fingerprint density at radius 1 is 1.27 bits per heavy atom. The quantitative estimate of drug-likeness (QED) is 0.721. The number of carbonyl (C=O) groups excluding carboxylic acids is 1. The molecule has 1 aliphatic carbocycles. The molecule has 2 atom stereocenters. The third-order valence-electron chi connectivity index (χ3n) is 2.89. The van der Waals surface area contributed by atoms with Crippen LogP contribution in [0.15, 0.2) is 0 Å². The summed E-state index contributed by atoms with van der Waals surface area (Å²) in [5.41, 5.74) is 0. The van der Waals surface area contributed by atoms with Crippen molar-refractivity contribution in [2.45, 2.75) is 39.2 Å². The Bertz CT molecular complexity index is 201. The first kappa shape index (κ1) is 12.6. The van der Waals surface area contributed by atoms with Crippen LogP contribution in [0.3, 0.4) is 0 Å². The smallest absolute Gasteiger partial charge is 0.315 e. The molecule has 0 aliphatic heterocycles. The average Bonchev–Trinajstić information content (AvgIpc) is 2.13. The summed E-state index contributed by atoms with van der Waals surface area (Å²) in [6, 6.07) is 0.251. The number of amides is 2. The maximum Gasteiger partial charge on any atom is 0.315 e. The average molecular weight is 233 g/mol. The summed E-state index contributed by atoms with van der Waals surface area (Å²) in [6.45, 7) is 5.03. The van der Waals surface area contributed by atoms with Crippen LogP contribution in [0.25, 0.3) is 0 Å². The second-order valence-corrected chi connectivity index (χ2v) is 5.08. The van der Waals surface area contributed by atoms with E-state index in [9.17, 15) is 4.79 Å². The molecule has 88 valence electrons. The van der Waals surface area contributed by atoms with Crippen molar-refractivity contribution in [2.24, 2.45) is 11.8 Å². The lowest BCUT2D eigenvalue weighted by Crippen LogP contribution is -2.45. The van der Waals surface area contributed by atoms with Gasteiger partial charge in [-0.1, -0.05) is 13.8 Å². The van der Waals surface area contributed by atoms with Crippen LogP contribution >= 0.6 is 11.6 Å². The van der Waals surface area contributed by atoms with Crippen LogP contribution < -0.4 is 10.6 Å². The minimum absolute atomic E-state index is 0.0815. The molecule has 0 radical (unpaired) electrons. The molecule has 15 heavy (non-hydrogen) atoms. The minimum Gasteiger partial charge on any atom is -0.337 e. The van der Waals surface area contributed by atoms with E-state index in [4.69, 9.17) is 11.6 Å². The topological polar surface area (TPSA) is 41.1 Å². The van der Waals surface area contributed by atoms with Gasteiger partial charge < -0.3 is 10.6 Å². The van der Waals surface area contributed by atoms with E-state index < -0.39 is 0 Å². The fourth-order valence-corrected chi connectivity index (χ4v) is 2.56. The van der Waals surface area contributed by atoms with E-state index in [2.05, 4.69) is 24.5 Å². The van der Waals surface area contributed by atoms with Crippen LogP contribution in [-0.2, 0) is 0 Å². The van der Waals surface area contributed by atoms with E-state index in [1.54, 1.807) is 0 Å². The monoisotopic (exact) mass is 232 g/mol. The maximum absolute atomic E-state index is 11.4. The Morgan fingerprint density at radius 3 is 2.40 bits per heavy atom. The summed E-state index contributed by atoms with van der Waals surface area (Å²) in [5, 5.41) is 5.73. The number of urea groups is 1. The molecule has 2 N–H and O–H groups in total. The van der Waals surface area contributed by atoms with Gasteiger partial charge in [-0.15, -0.1) is 11.6 Å². The highest BCUT2D eigenvalue weighted by atomic mass is 35.5. The predicted molar refractivity (Wildman–Crippen MR) is 63.2 cm³/mol. The zero-order valence-electron chi connectivity index (χ0n) is 9.55. The lowest BCUT2D eigenvalue weighted by molar-refractivity contribution is 0.214. The molecular formula is C11H21ClN2O. The van der Waals surface area contributed by atoms with Crippen LogP contribution in [0.1, 0.15) is 33.1 Å². The van der Waals surface area contributed by atoms with Gasteiger partial charge in [-0.3, -0.25) is 0 Å². The molecule has 0 heterocycles. The normalized spacial score (nSPS) is 31.0. The molecule has 0 bridgehead atoms. The van der Waals surface area contributed by atoms with Gasteiger partial charge >= 0.3 is 6.03 Å². The third kappa shape index (κ3) is 4.74. The minimum atomic E-state index is -0.0815. The number of rotatable bonds is 3. The van der Waals surface area contributed by atoms with Crippen molar-refractivity contribution in [1.82, 2.24) is 10.6 Å². The Balaban J connectivity index is 2.27. The summed E-state index contributed by atoms with van der Waals surface area (Å²) < 4.78 is 0. The number of hydrogen-bond donors (Lipinski definition) is 2. The molecule has 2 unspecified atom stereocenters. The Kier molecular flexibility index (Phi) is 5.23. The first-order valence-corrected chi connectivity index (χ1v) is 6.25. The van der Waals surface area contributed by atoms with E-state index in [0.717, 1.165) is 12.8 Å². The van der Waals surface area contributed by atoms with Gasteiger partial charge in [0.2, 0.25) is 0 Å². The Labute approximate surface area is 96.9 Å². The number of alkyl halides is 1. The van der Waals surface area contributed by atoms with Crippen LogP contribution in [0.2, 0.25) is 0 Å². The number of halogens is 1. The predicted octanol–water partition coefficient (Wildman–Crippen LogP) is 2.35. The fourth-order valence-electron chi connectivity index (χ4n) is 2.46. The summed E-state index contributed by atoms with van der Waals surface area (Å²) in [5.74, 6) is 1.89. The lowest BCUT2D eigenvalue weighted by atomic mass is 9.80. The molecule has 0 aromatic heterocycles. The summed E-state index contributed by atoms with van der Waals surface area (Å²) in [6.07, 6.45) is 3.47. The first-order valence-electron chi connectivity index (χ1n) is 5.72. The SMILES string of the molecule is CC1CC(C)CC(NC(=O)NCCCl)C1. The largest absolute Gasteiger partial charge is 0.337 e. The van der Waals surface area contributed by atoms with Crippen molar-refractivity contribution in [2.75, 3.05) is 12.4 Å². The molecular weight excluding hydrogens is 212 g/mol. The van der Waals surface area contributed by atoms with E-state index in [0.29, 0.717) is 30.3 Å². The second kappa shape index (κ2) is 6.21. The molecule has 0 aromatic carbocycles. The molecule has 1 aliphatic rings. The van der Waals surface area contributed by atoms with E-state index in [1.807, 2.05) is 0 Å². The summed E-state index contributed by atoms with van der Waals surface area (Å²) in [7, 11) is 0. The highest BCUT2D eigenvalue weighted by Gasteiger charge is 2.24. The van der Waals surface area contributed by atoms with Gasteiger partial charge in [0.05, 0.1) is 0 Å². The van der Waals surface area contributed by atoms with Gasteiger partial charge in [-0.05, 0) is 31.1 Å². The van der Waals surface area contributed by atoms with Crippen LogP contribution in [0.4, 0.5) is 4.79 Å². The van der Waals surface area contributed by atoms with Gasteiger partial charge in [0.25, 0.3) is 0 Å². The van der Waals surface area contributed by atoms with Gasteiger partial charge in [0, 0.05) is 18.5 Å². The molecule has 0 spiro atoms. The number of nitrogens with one attached hydrogen (secondary N) is 2. The molecule has 0 aromatic rings. The van der Waals surface area contributed by atoms with Crippen molar-refractivity contribution >= 4 is 17.6 Å². The van der Waals surface area contributed by atoms with E-state index in [-0.39, 0.29) is 6.03 Å². The van der Waals surface area contributed by atoms with Crippen LogP contribution in [0, 0.1) is 11.8 Å². The molecule has 4 heteroatoms. The molecule has 0 saturated heterocycles. The molecule has 1 saturated carbocycles. The first-order chi connectivity index (χ1) is 7.11. The zero-order valence-corrected chi connectivity index (χ0v) is 10.3. The number of hydrogen-bond acceptors (Lipinski definition) is 1. The highest BCUT2D eigenvalue weighted by molar-refractivity contribution is 6.18. The van der Waals surface area contributed by atoms with Crippen molar-refractivity contribution < 1.29 is 4.79 Å². The Morgan fingerprint density at radius 2 is 1.87 bits per heavy atom. The highest BCUT2D eigenvalue weighted by Crippen LogP contribution is 2.28. The van der Waals surface area contributed by atoms with Crippen molar-refractivity contribution in [1.29, 1.82) is 0 Å². The van der Waals surface area contributed by atoms with Gasteiger partial charge in [-0.2, -0.15) is 0 Å². The van der Waals surface area contributed by atoms with Crippen LogP contribution in [-0.4, -0.2) is 24.5 Å². The van der Waals surface area contributed by atoms with Crippen LogP contribution in [0.5, 0.6) is 0 Å². The molecule has 1 fully saturated rings. The zero-order chi connectivity index (χ0) is 11.3. The molecule has 1 rings (SSSR count). The van der Waals surface area contributed by atoms with Crippen molar-refractivity contribution in [3.63, 3.8) is 0 Å². The number of carbonyl (C=O) groups is 1. The van der Waals surface area contributed by atoms with Gasteiger partial charge in [0.15, 0.2) is 0 Å². The standard InChI is InChI=1S/C11H21ClN2O/c1-8-5-9(2)7-10(6-8)14-11(15)13-4-3-12/h8-10H,3-7H2,1-2H3,(H2,13,14,15). The van der Waals surface area contributed by atoms with E-state index in [1.165, 1.54) is 6.42 Å². The van der Waals surface area contributed by atoms with Gasteiger partial charge in [-0.25, -0.2) is 4.79 Å². The van der Waals surface area contributed by atoms with E-state index >= 15 is 0 Å². The summed E-state index contributed by atoms with van der Waals surface area (Å²) >= 11 is 5.49. The van der Waals surface area contributed by atoms with Gasteiger partial charge in [0.1, 0.15) is 0 Å². The Hall–Kier alpha value is -0.440. The molecule has 3 nitrogen and oxygen atoms in total. The van der Waals surface area contributed by atoms with Crippen molar-refractivity contribution in [3.05, 3.63) is 0 Å². The molecule has 2 amide bonds. The fraction of sp³-hybridized carbons (Fsp3) is 0.909. The lowest BCUT2D eigenvalue weighted by Gasteiger charge is -2.31.